The number of nitrogens with zero attached hydrogens (tertiary/aromatic N) is 3. The zero-order valence-corrected chi connectivity index (χ0v) is 20.7. The Balaban J connectivity index is 1.71. The third-order valence-electron chi connectivity index (χ3n) is 5.90. The van der Waals surface area contributed by atoms with E-state index in [4.69, 9.17) is 16.3 Å². The zero-order valence-electron chi connectivity index (χ0n) is 19.9. The number of nitro benzene ring substituents is 2. The first-order chi connectivity index (χ1) is 17.4. The topological polar surface area (TPSA) is 133 Å². The van der Waals surface area contributed by atoms with Gasteiger partial charge in [0.2, 0.25) is 0 Å². The molecule has 0 fully saturated rings. The summed E-state index contributed by atoms with van der Waals surface area (Å²) >= 11 is 5.82. The number of hydrogen-bond acceptors (Lipinski definition) is 7. The molecule has 0 radical (unpaired) electrons. The van der Waals surface area contributed by atoms with Crippen LogP contribution in [0.15, 0.2) is 66.7 Å². The Morgan fingerprint density at radius 3 is 2.30 bits per heavy atom. The highest BCUT2D eigenvalue weighted by atomic mass is 35.5. The van der Waals surface area contributed by atoms with E-state index in [0.717, 1.165) is 11.6 Å². The summed E-state index contributed by atoms with van der Waals surface area (Å²) in [5, 5.41) is 22.6. The van der Waals surface area contributed by atoms with Crippen molar-refractivity contribution in [3.8, 4) is 5.75 Å². The number of carbonyl (C=O) groups is 2. The fourth-order valence-corrected chi connectivity index (χ4v) is 4.51. The molecule has 3 aromatic rings. The van der Waals surface area contributed by atoms with Crippen molar-refractivity contribution in [2.75, 3.05) is 4.90 Å². The molecule has 0 saturated heterocycles. The first kappa shape index (κ1) is 25.5. The van der Waals surface area contributed by atoms with Crippen molar-refractivity contribution in [3.63, 3.8) is 0 Å². The van der Waals surface area contributed by atoms with Crippen LogP contribution >= 0.6 is 11.6 Å². The summed E-state index contributed by atoms with van der Waals surface area (Å²) in [5.41, 5.74) is 0.193. The molecule has 4 rings (SSSR count). The Labute approximate surface area is 216 Å². The number of para-hydroxylation sites is 1. The van der Waals surface area contributed by atoms with Crippen molar-refractivity contribution >= 4 is 46.1 Å². The Hall–Kier alpha value is -4.57. The average molecular weight is 522 g/mol. The van der Waals surface area contributed by atoms with Gasteiger partial charge in [0.15, 0.2) is 0 Å². The van der Waals surface area contributed by atoms with Gasteiger partial charge in [0.05, 0.1) is 26.6 Å². The molecule has 1 heterocycles. The number of esters is 1. The molecular weight excluding hydrogens is 502 g/mol. The minimum Gasteiger partial charge on any atom is -0.423 e. The van der Waals surface area contributed by atoms with Gasteiger partial charge in [0.1, 0.15) is 16.3 Å². The predicted octanol–water partition coefficient (Wildman–Crippen LogP) is 6.22. The molecule has 0 bridgehead atoms. The largest absolute Gasteiger partial charge is 0.423 e. The summed E-state index contributed by atoms with van der Waals surface area (Å²) in [4.78, 5) is 49.1. The van der Waals surface area contributed by atoms with Gasteiger partial charge in [-0.1, -0.05) is 29.8 Å². The van der Waals surface area contributed by atoms with Crippen LogP contribution in [-0.4, -0.2) is 27.3 Å². The van der Waals surface area contributed by atoms with E-state index in [1.165, 1.54) is 41.3 Å². The molecule has 1 aliphatic rings. The Morgan fingerprint density at radius 1 is 0.946 bits per heavy atom. The van der Waals surface area contributed by atoms with Gasteiger partial charge in [-0.05, 0) is 62.7 Å². The lowest BCUT2D eigenvalue weighted by Gasteiger charge is -2.41. The molecule has 10 nitrogen and oxygen atoms in total. The van der Waals surface area contributed by atoms with Crippen LogP contribution < -0.4 is 9.64 Å². The molecule has 0 unspecified atom stereocenters. The van der Waals surface area contributed by atoms with Crippen molar-refractivity contribution in [1.82, 2.24) is 0 Å². The van der Waals surface area contributed by atoms with Crippen LogP contribution in [0.3, 0.4) is 0 Å². The van der Waals surface area contributed by atoms with Crippen LogP contribution in [0, 0.1) is 20.2 Å². The summed E-state index contributed by atoms with van der Waals surface area (Å²) in [7, 11) is 0. The number of rotatable bonds is 5. The Bertz CT molecular complexity index is 1510. The minimum atomic E-state index is -0.828. The Kier molecular flexibility index (Phi) is 6.53. The number of ether oxygens (including phenoxy) is 1. The van der Waals surface area contributed by atoms with Gasteiger partial charge in [-0.15, -0.1) is 0 Å². The first-order valence-corrected chi connectivity index (χ1v) is 11.4. The maximum absolute atomic E-state index is 13.6. The summed E-state index contributed by atoms with van der Waals surface area (Å²) in [6.07, 6.45) is 1.84. The van der Waals surface area contributed by atoms with Gasteiger partial charge in [-0.2, -0.15) is 0 Å². The number of carbonyl (C=O) groups excluding carboxylic acids is 2. The van der Waals surface area contributed by atoms with Crippen molar-refractivity contribution in [2.24, 2.45) is 0 Å². The highest BCUT2D eigenvalue weighted by molar-refractivity contribution is 6.32. The maximum Gasteiger partial charge on any atom is 0.343 e. The molecule has 11 heteroatoms. The number of amides is 1. The molecule has 0 spiro atoms. The van der Waals surface area contributed by atoms with Crippen molar-refractivity contribution in [3.05, 3.63) is 109 Å². The summed E-state index contributed by atoms with van der Waals surface area (Å²) in [6.45, 7) is 5.46. The third-order valence-corrected chi connectivity index (χ3v) is 6.22. The fourth-order valence-electron chi connectivity index (χ4n) is 4.32. The van der Waals surface area contributed by atoms with E-state index in [2.05, 4.69) is 0 Å². The number of anilines is 1. The van der Waals surface area contributed by atoms with Crippen LogP contribution in [0.1, 0.15) is 47.1 Å². The monoisotopic (exact) mass is 521 g/mol. The molecule has 0 atom stereocenters. The molecule has 37 heavy (non-hydrogen) atoms. The van der Waals surface area contributed by atoms with Gasteiger partial charge in [0.25, 0.3) is 17.3 Å². The quantitative estimate of drug-likeness (QED) is 0.168. The molecule has 0 saturated carbocycles. The average Bonchev–Trinajstić information content (AvgIpc) is 2.83. The number of fused-ring (bicyclic) bond motifs is 1. The van der Waals surface area contributed by atoms with Gasteiger partial charge in [-0.25, -0.2) is 4.79 Å². The molecular formula is C26H20ClN3O7. The van der Waals surface area contributed by atoms with Crippen LogP contribution in [0.2, 0.25) is 5.02 Å². The summed E-state index contributed by atoms with van der Waals surface area (Å²) in [5.74, 6) is -1.24. The van der Waals surface area contributed by atoms with E-state index in [1.807, 2.05) is 26.8 Å². The lowest BCUT2D eigenvalue weighted by Crippen LogP contribution is -2.49. The third kappa shape index (κ3) is 4.78. The first-order valence-electron chi connectivity index (χ1n) is 11.0. The molecule has 1 aliphatic heterocycles. The second kappa shape index (κ2) is 9.47. The molecule has 1 amide bonds. The lowest BCUT2D eigenvalue weighted by molar-refractivity contribution is -0.385. The number of halogens is 1. The van der Waals surface area contributed by atoms with Crippen LogP contribution in [-0.2, 0) is 0 Å². The van der Waals surface area contributed by atoms with E-state index in [1.54, 1.807) is 18.2 Å². The minimum absolute atomic E-state index is 0.0562. The normalized spacial score (nSPS) is 13.8. The smallest absolute Gasteiger partial charge is 0.343 e. The number of nitro groups is 2. The standard InChI is InChI=1S/C26H20ClN3O7/c1-15-14-26(2,3)28(24(31)18-6-4-5-7-22(18)29(33)34)21-11-9-17(13-19(15)21)37-25(32)16-8-10-20(27)23(12-16)30(35)36/h4-14H,1-3H3. The maximum atomic E-state index is 13.6. The van der Waals surface area contributed by atoms with Gasteiger partial charge in [-0.3, -0.25) is 29.9 Å². The van der Waals surface area contributed by atoms with E-state index in [9.17, 15) is 29.8 Å². The van der Waals surface area contributed by atoms with E-state index in [0.29, 0.717) is 11.3 Å². The second-order valence-corrected chi connectivity index (χ2v) is 9.29. The van der Waals surface area contributed by atoms with Gasteiger partial charge >= 0.3 is 5.97 Å². The van der Waals surface area contributed by atoms with Crippen molar-refractivity contribution in [1.29, 1.82) is 0 Å². The molecule has 188 valence electrons. The highest BCUT2D eigenvalue weighted by Crippen LogP contribution is 2.42. The second-order valence-electron chi connectivity index (χ2n) is 8.89. The zero-order chi connectivity index (χ0) is 27.1. The fraction of sp³-hybridized carbons (Fsp3) is 0.154. The Morgan fingerprint density at radius 2 is 1.62 bits per heavy atom. The lowest BCUT2D eigenvalue weighted by atomic mass is 9.88. The predicted molar refractivity (Wildman–Crippen MR) is 137 cm³/mol. The number of allylic oxidation sites excluding steroid dienone is 1. The van der Waals surface area contributed by atoms with E-state index in [-0.39, 0.29) is 27.6 Å². The molecule has 0 N–H and O–H groups in total. The van der Waals surface area contributed by atoms with Crippen molar-refractivity contribution < 1.29 is 24.2 Å². The summed E-state index contributed by atoms with van der Waals surface area (Å²) in [6, 6.07) is 14.0. The molecule has 0 aromatic heterocycles. The molecule has 0 aliphatic carbocycles. The van der Waals surface area contributed by atoms with Gasteiger partial charge < -0.3 is 4.74 Å². The van der Waals surface area contributed by atoms with Crippen LogP contribution in [0.5, 0.6) is 5.75 Å². The van der Waals surface area contributed by atoms with Crippen molar-refractivity contribution in [2.45, 2.75) is 26.3 Å². The SMILES string of the molecule is CC1=CC(C)(C)N(C(=O)c2ccccc2[N+](=O)[O-])c2ccc(OC(=O)c3ccc(Cl)c([N+](=O)[O-])c3)cc21. The van der Waals surface area contributed by atoms with Crippen LogP contribution in [0.4, 0.5) is 17.1 Å². The number of benzene rings is 3. The van der Waals surface area contributed by atoms with E-state index >= 15 is 0 Å². The molecule has 3 aromatic carbocycles. The summed E-state index contributed by atoms with van der Waals surface area (Å²) < 4.78 is 5.45. The number of hydrogen-bond donors (Lipinski definition) is 0. The van der Waals surface area contributed by atoms with Crippen LogP contribution in [0.25, 0.3) is 5.57 Å². The van der Waals surface area contributed by atoms with Gasteiger partial charge in [0, 0.05) is 17.7 Å². The van der Waals surface area contributed by atoms with E-state index < -0.39 is 32.9 Å². The highest BCUT2D eigenvalue weighted by Gasteiger charge is 2.38.